The van der Waals surface area contributed by atoms with Crippen molar-refractivity contribution in [2.75, 3.05) is 26.2 Å². The van der Waals surface area contributed by atoms with Crippen LogP contribution in [0.3, 0.4) is 0 Å². The fraction of sp³-hybridized carbons (Fsp3) is 0.929. The molecule has 0 bridgehead atoms. The van der Waals surface area contributed by atoms with Crippen LogP contribution >= 0.6 is 0 Å². The molecule has 0 radical (unpaired) electrons. The Bertz CT molecular complexity index is 255. The molecule has 0 spiro atoms. The molecule has 18 heavy (non-hydrogen) atoms. The molecule has 0 aromatic heterocycles. The first-order chi connectivity index (χ1) is 8.51. The molecule has 0 aromatic rings. The predicted molar refractivity (Wildman–Crippen MR) is 75.3 cm³/mol. The van der Waals surface area contributed by atoms with Gasteiger partial charge in [-0.3, -0.25) is 9.69 Å². The highest BCUT2D eigenvalue weighted by Crippen LogP contribution is 2.19. The fourth-order valence-corrected chi connectivity index (χ4v) is 2.67. The summed E-state index contributed by atoms with van der Waals surface area (Å²) in [5.41, 5.74) is 5.29. The van der Waals surface area contributed by atoms with E-state index in [-0.39, 0.29) is 5.91 Å². The van der Waals surface area contributed by atoms with E-state index in [0.717, 1.165) is 25.6 Å². The van der Waals surface area contributed by atoms with Crippen LogP contribution in [-0.2, 0) is 4.79 Å². The van der Waals surface area contributed by atoms with Gasteiger partial charge >= 0.3 is 0 Å². The van der Waals surface area contributed by atoms with Crippen molar-refractivity contribution < 1.29 is 4.79 Å². The maximum atomic E-state index is 11.0. The molecule has 1 fully saturated rings. The van der Waals surface area contributed by atoms with Gasteiger partial charge in [0.05, 0.1) is 6.54 Å². The van der Waals surface area contributed by atoms with Gasteiger partial charge in [0.15, 0.2) is 0 Å². The number of piperidine rings is 1. The van der Waals surface area contributed by atoms with Gasteiger partial charge in [-0.05, 0) is 31.2 Å². The number of amides is 1. The number of likely N-dealkylation sites (tertiary alicyclic amines) is 1. The van der Waals surface area contributed by atoms with Crippen LogP contribution in [-0.4, -0.2) is 43.0 Å². The Balaban J connectivity index is 2.38. The molecule has 1 aliphatic heterocycles. The zero-order valence-electron chi connectivity index (χ0n) is 12.1. The Morgan fingerprint density at radius 1 is 1.44 bits per heavy atom. The van der Waals surface area contributed by atoms with Crippen molar-refractivity contribution in [3.05, 3.63) is 0 Å². The van der Waals surface area contributed by atoms with Gasteiger partial charge in [-0.1, -0.05) is 27.2 Å². The molecule has 1 amide bonds. The fourth-order valence-electron chi connectivity index (χ4n) is 2.67. The van der Waals surface area contributed by atoms with E-state index in [4.69, 9.17) is 5.73 Å². The molecule has 1 heterocycles. The van der Waals surface area contributed by atoms with Gasteiger partial charge in [-0.2, -0.15) is 0 Å². The summed E-state index contributed by atoms with van der Waals surface area (Å²) in [5.74, 6) is 1.21. The summed E-state index contributed by atoms with van der Waals surface area (Å²) in [5, 5.41) is 3.63. The number of carbonyl (C=O) groups is 1. The summed E-state index contributed by atoms with van der Waals surface area (Å²) in [6, 6.07) is 0.516. The van der Waals surface area contributed by atoms with Gasteiger partial charge < -0.3 is 11.1 Å². The van der Waals surface area contributed by atoms with E-state index in [1.165, 1.54) is 19.3 Å². The normalized spacial score (nSPS) is 25.6. The lowest BCUT2D eigenvalue weighted by molar-refractivity contribution is -0.119. The highest BCUT2D eigenvalue weighted by atomic mass is 16.1. The van der Waals surface area contributed by atoms with Crippen molar-refractivity contribution in [1.82, 2.24) is 10.2 Å². The summed E-state index contributed by atoms with van der Waals surface area (Å²) in [7, 11) is 0. The molecule has 2 atom stereocenters. The molecule has 1 saturated heterocycles. The van der Waals surface area contributed by atoms with Crippen LogP contribution in [0.2, 0.25) is 0 Å². The molecule has 0 aliphatic carbocycles. The molecule has 1 aliphatic rings. The van der Waals surface area contributed by atoms with Crippen molar-refractivity contribution in [3.8, 4) is 0 Å². The third-order valence-electron chi connectivity index (χ3n) is 3.72. The average Bonchev–Trinajstić information content (AvgIpc) is 2.27. The first kappa shape index (κ1) is 15.4. The van der Waals surface area contributed by atoms with Crippen LogP contribution in [0.5, 0.6) is 0 Å². The standard InChI is InChI=1S/C14H29N3O/c1-4-12-7-13(16-6-5-11(2)3)9-17(8-12)10-14(15)18/h11-13,16H,4-10H2,1-3H3,(H2,15,18). The number of carbonyl (C=O) groups excluding carboxylic acids is 1. The van der Waals surface area contributed by atoms with E-state index in [9.17, 15) is 4.79 Å². The van der Waals surface area contributed by atoms with Gasteiger partial charge in [0, 0.05) is 19.1 Å². The Morgan fingerprint density at radius 3 is 2.72 bits per heavy atom. The maximum Gasteiger partial charge on any atom is 0.231 e. The zero-order chi connectivity index (χ0) is 13.5. The van der Waals surface area contributed by atoms with Crippen molar-refractivity contribution >= 4 is 5.91 Å². The van der Waals surface area contributed by atoms with Crippen LogP contribution in [0.1, 0.15) is 40.0 Å². The van der Waals surface area contributed by atoms with E-state index in [0.29, 0.717) is 18.5 Å². The van der Waals surface area contributed by atoms with Gasteiger partial charge in [0.2, 0.25) is 5.91 Å². The minimum atomic E-state index is -0.215. The molecule has 106 valence electrons. The van der Waals surface area contributed by atoms with Crippen molar-refractivity contribution in [1.29, 1.82) is 0 Å². The Morgan fingerprint density at radius 2 is 2.17 bits per heavy atom. The van der Waals surface area contributed by atoms with Crippen LogP contribution in [0, 0.1) is 11.8 Å². The molecule has 0 saturated carbocycles. The Labute approximate surface area is 111 Å². The summed E-state index contributed by atoms with van der Waals surface area (Å²) in [6.45, 7) is 10.2. The number of hydrogen-bond donors (Lipinski definition) is 2. The van der Waals surface area contributed by atoms with E-state index >= 15 is 0 Å². The van der Waals surface area contributed by atoms with Crippen molar-refractivity contribution in [2.24, 2.45) is 17.6 Å². The number of primary amides is 1. The predicted octanol–water partition coefficient (Wildman–Crippen LogP) is 1.21. The quantitative estimate of drug-likeness (QED) is 0.719. The molecule has 1 rings (SSSR count). The van der Waals surface area contributed by atoms with Crippen molar-refractivity contribution in [2.45, 2.75) is 46.1 Å². The molecule has 4 nitrogen and oxygen atoms in total. The number of hydrogen-bond acceptors (Lipinski definition) is 3. The monoisotopic (exact) mass is 255 g/mol. The lowest BCUT2D eigenvalue weighted by Gasteiger charge is -2.37. The maximum absolute atomic E-state index is 11.0. The molecule has 4 heteroatoms. The topological polar surface area (TPSA) is 58.4 Å². The third kappa shape index (κ3) is 5.83. The van der Waals surface area contributed by atoms with Gasteiger partial charge in [0.1, 0.15) is 0 Å². The lowest BCUT2D eigenvalue weighted by atomic mass is 9.92. The Kier molecular flexibility index (Phi) is 6.65. The van der Waals surface area contributed by atoms with Crippen molar-refractivity contribution in [3.63, 3.8) is 0 Å². The zero-order valence-corrected chi connectivity index (χ0v) is 12.1. The van der Waals surface area contributed by atoms with Gasteiger partial charge in [0.25, 0.3) is 0 Å². The highest BCUT2D eigenvalue weighted by Gasteiger charge is 2.26. The van der Waals surface area contributed by atoms with Crippen LogP contribution < -0.4 is 11.1 Å². The molecule has 2 unspecified atom stereocenters. The van der Waals surface area contributed by atoms with Crippen LogP contribution in [0.4, 0.5) is 0 Å². The lowest BCUT2D eigenvalue weighted by Crippen LogP contribution is -2.51. The summed E-state index contributed by atoms with van der Waals surface area (Å²) in [6.07, 6.45) is 3.62. The first-order valence-corrected chi connectivity index (χ1v) is 7.25. The molecular weight excluding hydrogens is 226 g/mol. The smallest absolute Gasteiger partial charge is 0.231 e. The minimum Gasteiger partial charge on any atom is -0.369 e. The summed E-state index contributed by atoms with van der Waals surface area (Å²) >= 11 is 0. The third-order valence-corrected chi connectivity index (χ3v) is 3.72. The highest BCUT2D eigenvalue weighted by molar-refractivity contribution is 5.75. The summed E-state index contributed by atoms with van der Waals surface area (Å²) in [4.78, 5) is 13.2. The summed E-state index contributed by atoms with van der Waals surface area (Å²) < 4.78 is 0. The second-order valence-electron chi connectivity index (χ2n) is 6.00. The SMILES string of the molecule is CCC1CC(NCCC(C)C)CN(CC(N)=O)C1. The van der Waals surface area contributed by atoms with E-state index < -0.39 is 0 Å². The minimum absolute atomic E-state index is 0.215. The number of nitrogens with two attached hydrogens (primary N) is 1. The van der Waals surface area contributed by atoms with Crippen LogP contribution in [0.15, 0.2) is 0 Å². The largest absolute Gasteiger partial charge is 0.369 e. The average molecular weight is 255 g/mol. The van der Waals surface area contributed by atoms with E-state index in [2.05, 4.69) is 31.0 Å². The van der Waals surface area contributed by atoms with E-state index in [1.807, 2.05) is 0 Å². The van der Waals surface area contributed by atoms with E-state index in [1.54, 1.807) is 0 Å². The van der Waals surface area contributed by atoms with Gasteiger partial charge in [-0.15, -0.1) is 0 Å². The second kappa shape index (κ2) is 7.74. The molecular formula is C14H29N3O. The Hall–Kier alpha value is -0.610. The van der Waals surface area contributed by atoms with Crippen LogP contribution in [0.25, 0.3) is 0 Å². The van der Waals surface area contributed by atoms with Gasteiger partial charge in [-0.25, -0.2) is 0 Å². The first-order valence-electron chi connectivity index (χ1n) is 7.25. The number of rotatable bonds is 7. The molecule has 3 N–H and O–H groups in total. The second-order valence-corrected chi connectivity index (χ2v) is 6.00. The number of nitrogens with zero attached hydrogens (tertiary/aromatic N) is 1. The molecule has 0 aromatic carbocycles. The number of nitrogens with one attached hydrogen (secondary N) is 1.